The quantitative estimate of drug-likeness (QED) is 0.702. The molecule has 1 atom stereocenters. The molecule has 0 saturated carbocycles. The molecule has 1 saturated heterocycles. The zero-order chi connectivity index (χ0) is 17.9. The van der Waals surface area contributed by atoms with Crippen molar-refractivity contribution in [2.75, 3.05) is 11.9 Å². The number of nitrogens with zero attached hydrogens (tertiary/aromatic N) is 5. The molecule has 3 aromatic heterocycles. The molecule has 6 nitrogen and oxygen atoms in total. The minimum absolute atomic E-state index is 0.250. The van der Waals surface area contributed by atoms with E-state index in [0.717, 1.165) is 53.1 Å². The second kappa shape index (κ2) is 7.65. The zero-order valence-electron chi connectivity index (χ0n) is 14.4. The van der Waals surface area contributed by atoms with Gasteiger partial charge in [-0.1, -0.05) is 11.6 Å². The number of pyridine rings is 1. The van der Waals surface area contributed by atoms with Crippen LogP contribution in [0.15, 0.2) is 36.9 Å². The smallest absolute Gasteiger partial charge is 0.188 e. The molecule has 0 radical (unpaired) electrons. The summed E-state index contributed by atoms with van der Waals surface area (Å²) < 4.78 is 0. The van der Waals surface area contributed by atoms with Gasteiger partial charge < -0.3 is 5.32 Å². The van der Waals surface area contributed by atoms with E-state index in [9.17, 15) is 0 Å². The van der Waals surface area contributed by atoms with Crippen molar-refractivity contribution >= 4 is 33.9 Å². The first-order valence-corrected chi connectivity index (χ1v) is 9.73. The molecular weight excluding hydrogens is 368 g/mol. The molecule has 4 heterocycles. The topological polar surface area (TPSA) is 66.8 Å². The summed E-state index contributed by atoms with van der Waals surface area (Å²) in [5.74, 6) is 0.730. The molecule has 1 fully saturated rings. The third kappa shape index (κ3) is 4.00. The number of aryl methyl sites for hydroxylation is 1. The molecule has 3 aromatic rings. The Balaban J connectivity index is 1.50. The largest absolute Gasteiger partial charge is 0.315 e. The molecule has 4 rings (SSSR count). The minimum Gasteiger partial charge on any atom is -0.315 e. The van der Waals surface area contributed by atoms with Crippen molar-refractivity contribution in [1.82, 2.24) is 24.8 Å². The lowest BCUT2D eigenvalue weighted by Gasteiger charge is -2.23. The normalized spacial score (nSPS) is 17.5. The molecule has 8 heteroatoms. The van der Waals surface area contributed by atoms with E-state index in [2.05, 4.69) is 25.2 Å². The number of rotatable bonds is 5. The summed E-state index contributed by atoms with van der Waals surface area (Å²) in [6.45, 7) is 3.85. The van der Waals surface area contributed by atoms with Gasteiger partial charge in [0.15, 0.2) is 10.9 Å². The van der Waals surface area contributed by atoms with Crippen molar-refractivity contribution in [3.05, 3.63) is 58.2 Å². The monoisotopic (exact) mass is 386 g/mol. The van der Waals surface area contributed by atoms with Crippen LogP contribution in [0.25, 0.3) is 0 Å². The number of anilines is 2. The van der Waals surface area contributed by atoms with Crippen LogP contribution < -0.4 is 5.32 Å². The van der Waals surface area contributed by atoms with Gasteiger partial charge >= 0.3 is 0 Å². The maximum absolute atomic E-state index is 5.93. The number of aromatic nitrogens is 4. The van der Waals surface area contributed by atoms with Crippen LogP contribution in [-0.4, -0.2) is 31.4 Å². The SMILES string of the molecule is Cc1cnc(Nc2cncc(C3CCCN3Cc3ccc(Cl)cn3)n2)s1. The van der Waals surface area contributed by atoms with Crippen molar-refractivity contribution in [2.45, 2.75) is 32.4 Å². The van der Waals surface area contributed by atoms with Crippen LogP contribution in [0.1, 0.15) is 35.1 Å². The van der Waals surface area contributed by atoms with E-state index >= 15 is 0 Å². The van der Waals surface area contributed by atoms with E-state index in [1.165, 1.54) is 0 Å². The fourth-order valence-corrected chi connectivity index (χ4v) is 3.97. The maximum Gasteiger partial charge on any atom is 0.188 e. The Morgan fingerprint density at radius 3 is 2.92 bits per heavy atom. The van der Waals surface area contributed by atoms with Crippen molar-refractivity contribution < 1.29 is 0 Å². The number of likely N-dealkylation sites (tertiary alicyclic amines) is 1. The van der Waals surface area contributed by atoms with Crippen LogP contribution >= 0.6 is 22.9 Å². The van der Waals surface area contributed by atoms with Crippen LogP contribution in [0.2, 0.25) is 5.02 Å². The second-order valence-corrected chi connectivity index (χ2v) is 8.00. The summed E-state index contributed by atoms with van der Waals surface area (Å²) in [6, 6.07) is 4.11. The van der Waals surface area contributed by atoms with Gasteiger partial charge in [0.1, 0.15) is 0 Å². The highest BCUT2D eigenvalue weighted by Crippen LogP contribution is 2.32. The summed E-state index contributed by atoms with van der Waals surface area (Å²) in [5.41, 5.74) is 2.00. The predicted octanol–water partition coefficient (Wildman–Crippen LogP) is 4.37. The van der Waals surface area contributed by atoms with Gasteiger partial charge in [-0.15, -0.1) is 11.3 Å². The third-order valence-electron chi connectivity index (χ3n) is 4.37. The molecule has 0 bridgehead atoms. The molecule has 1 aliphatic rings. The predicted molar refractivity (Wildman–Crippen MR) is 104 cm³/mol. The van der Waals surface area contributed by atoms with Gasteiger partial charge in [-0.2, -0.15) is 0 Å². The molecule has 0 spiro atoms. The van der Waals surface area contributed by atoms with E-state index in [4.69, 9.17) is 16.6 Å². The molecule has 134 valence electrons. The van der Waals surface area contributed by atoms with Crippen molar-refractivity contribution in [1.29, 1.82) is 0 Å². The summed E-state index contributed by atoms with van der Waals surface area (Å²) in [7, 11) is 0. The highest BCUT2D eigenvalue weighted by atomic mass is 35.5. The molecule has 1 unspecified atom stereocenters. The van der Waals surface area contributed by atoms with E-state index in [0.29, 0.717) is 5.02 Å². The maximum atomic E-state index is 5.93. The van der Waals surface area contributed by atoms with Crippen LogP contribution in [0.5, 0.6) is 0 Å². The van der Waals surface area contributed by atoms with Crippen LogP contribution in [0.4, 0.5) is 10.9 Å². The van der Waals surface area contributed by atoms with Crippen LogP contribution in [0, 0.1) is 6.92 Å². The number of hydrogen-bond acceptors (Lipinski definition) is 7. The summed E-state index contributed by atoms with van der Waals surface area (Å²) in [6.07, 6.45) is 9.35. The van der Waals surface area contributed by atoms with Crippen LogP contribution in [-0.2, 0) is 6.54 Å². The van der Waals surface area contributed by atoms with E-state index in [-0.39, 0.29) is 6.04 Å². The van der Waals surface area contributed by atoms with Gasteiger partial charge in [0.05, 0.1) is 34.8 Å². The van der Waals surface area contributed by atoms with Gasteiger partial charge in [0.25, 0.3) is 0 Å². The highest BCUT2D eigenvalue weighted by Gasteiger charge is 2.28. The van der Waals surface area contributed by atoms with Crippen molar-refractivity contribution in [2.24, 2.45) is 0 Å². The minimum atomic E-state index is 0.250. The van der Waals surface area contributed by atoms with Crippen LogP contribution in [0.3, 0.4) is 0 Å². The fraction of sp³-hybridized carbons (Fsp3) is 0.333. The Kier molecular flexibility index (Phi) is 5.10. The first kappa shape index (κ1) is 17.3. The van der Waals surface area contributed by atoms with Crippen molar-refractivity contribution in [3.8, 4) is 0 Å². The van der Waals surface area contributed by atoms with E-state index < -0.39 is 0 Å². The third-order valence-corrected chi connectivity index (χ3v) is 5.42. The fourth-order valence-electron chi connectivity index (χ4n) is 3.18. The lowest BCUT2D eigenvalue weighted by molar-refractivity contribution is 0.241. The van der Waals surface area contributed by atoms with Gasteiger partial charge in [-0.3, -0.25) is 14.9 Å². The van der Waals surface area contributed by atoms with Gasteiger partial charge in [0.2, 0.25) is 0 Å². The Bertz CT molecular complexity index is 881. The molecule has 0 aromatic carbocycles. The van der Waals surface area contributed by atoms with E-state index in [1.807, 2.05) is 31.5 Å². The lowest BCUT2D eigenvalue weighted by Crippen LogP contribution is -2.24. The molecular formula is C18H19ClN6S. The second-order valence-electron chi connectivity index (χ2n) is 6.33. The number of thiazole rings is 1. The number of nitrogens with one attached hydrogen (secondary N) is 1. The van der Waals surface area contributed by atoms with Gasteiger partial charge in [-0.25, -0.2) is 9.97 Å². The molecule has 1 aliphatic heterocycles. The Labute approximate surface area is 161 Å². The van der Waals surface area contributed by atoms with E-state index in [1.54, 1.807) is 23.7 Å². The molecule has 0 aliphatic carbocycles. The molecule has 26 heavy (non-hydrogen) atoms. The average Bonchev–Trinajstić information content (AvgIpc) is 3.26. The Morgan fingerprint density at radius 2 is 2.15 bits per heavy atom. The van der Waals surface area contributed by atoms with Crippen molar-refractivity contribution in [3.63, 3.8) is 0 Å². The first-order chi connectivity index (χ1) is 12.7. The molecule has 1 N–H and O–H groups in total. The summed E-state index contributed by atoms with van der Waals surface area (Å²) >= 11 is 7.54. The molecule has 0 amide bonds. The number of hydrogen-bond donors (Lipinski definition) is 1. The summed E-state index contributed by atoms with van der Waals surface area (Å²) in [5, 5.41) is 4.74. The number of halogens is 1. The first-order valence-electron chi connectivity index (χ1n) is 8.53. The Hall–Kier alpha value is -2.09. The lowest BCUT2D eigenvalue weighted by atomic mass is 10.1. The zero-order valence-corrected chi connectivity index (χ0v) is 16.0. The highest BCUT2D eigenvalue weighted by molar-refractivity contribution is 7.15. The standard InChI is InChI=1S/C18H19ClN6S/c1-12-7-22-18(26-12)24-17-10-20-9-15(23-17)16-3-2-6-25(16)11-14-5-4-13(19)8-21-14/h4-5,7-10,16H,2-3,6,11H2,1H3,(H,22,23,24). The van der Waals surface area contributed by atoms with Gasteiger partial charge in [-0.05, 0) is 38.4 Å². The summed E-state index contributed by atoms with van der Waals surface area (Å²) in [4.78, 5) is 21.5. The average molecular weight is 387 g/mol. The van der Waals surface area contributed by atoms with Gasteiger partial charge in [0, 0.05) is 23.8 Å². The Morgan fingerprint density at radius 1 is 1.23 bits per heavy atom.